The molecule has 20 heavy (non-hydrogen) atoms. The van der Waals surface area contributed by atoms with E-state index in [9.17, 15) is 4.79 Å². The molecule has 4 rings (SSSR count). The highest BCUT2D eigenvalue weighted by atomic mass is 16.1. The Morgan fingerprint density at radius 1 is 0.950 bits per heavy atom. The molecule has 0 atom stereocenters. The molecule has 0 unspecified atom stereocenters. The summed E-state index contributed by atoms with van der Waals surface area (Å²) >= 11 is 0. The minimum absolute atomic E-state index is 0.158. The van der Waals surface area contributed by atoms with Gasteiger partial charge in [0.1, 0.15) is 5.52 Å². The third-order valence-electron chi connectivity index (χ3n) is 3.86. The van der Waals surface area contributed by atoms with Gasteiger partial charge >= 0.3 is 0 Å². The third-order valence-corrected chi connectivity index (χ3v) is 3.86. The number of nitrogens with one attached hydrogen (secondary N) is 1. The fourth-order valence-corrected chi connectivity index (χ4v) is 2.70. The Balaban J connectivity index is 2.09. The van der Waals surface area contributed by atoms with E-state index in [1.165, 1.54) is 0 Å². The van der Waals surface area contributed by atoms with Crippen molar-refractivity contribution in [3.63, 3.8) is 0 Å². The summed E-state index contributed by atoms with van der Waals surface area (Å²) in [6.07, 6.45) is 2.21. The molecule has 3 aromatic rings. The number of para-hydroxylation sites is 2. The number of benzene rings is 2. The zero-order valence-corrected chi connectivity index (χ0v) is 11.0. The lowest BCUT2D eigenvalue weighted by Gasteiger charge is -2.03. The Hall–Kier alpha value is -2.42. The predicted molar refractivity (Wildman–Crippen MR) is 78.1 cm³/mol. The summed E-state index contributed by atoms with van der Waals surface area (Å²) in [5.74, 6) is 0.392. The van der Waals surface area contributed by atoms with Crippen LogP contribution in [0, 0.1) is 0 Å². The van der Waals surface area contributed by atoms with Crippen LogP contribution in [0.2, 0.25) is 0 Å². The van der Waals surface area contributed by atoms with Crippen LogP contribution in [0.1, 0.15) is 24.5 Å². The number of aromatic amines is 1. The van der Waals surface area contributed by atoms with Gasteiger partial charge in [-0.1, -0.05) is 35.0 Å². The molecule has 2 aromatic carbocycles. The molecule has 1 heterocycles. The maximum Gasteiger partial charge on any atom is 0.263 e. The van der Waals surface area contributed by atoms with E-state index >= 15 is 0 Å². The van der Waals surface area contributed by atoms with E-state index in [1.807, 2.05) is 59.3 Å². The standard InChI is InChI=1S/C17H14N2O/c20-17-14-8-4-5-9-15(14)18-19(16(17)12-10-11-12)13-6-2-1-3-7-13/h1-9,12H,10-11H2/p+1. The van der Waals surface area contributed by atoms with Crippen molar-refractivity contribution < 1.29 is 4.68 Å². The van der Waals surface area contributed by atoms with Gasteiger partial charge in [-0.25, -0.2) is 0 Å². The zero-order chi connectivity index (χ0) is 13.5. The molecule has 1 aliphatic rings. The van der Waals surface area contributed by atoms with Gasteiger partial charge in [0.15, 0.2) is 0 Å². The molecule has 3 heteroatoms. The molecule has 0 saturated heterocycles. The van der Waals surface area contributed by atoms with Crippen molar-refractivity contribution in [3.05, 3.63) is 70.5 Å². The molecule has 1 N–H and O–H groups in total. The number of H-pyrrole nitrogens is 1. The fraction of sp³-hybridized carbons (Fsp3) is 0.176. The molecule has 3 nitrogen and oxygen atoms in total. The van der Waals surface area contributed by atoms with Crippen LogP contribution in [0.3, 0.4) is 0 Å². The summed E-state index contributed by atoms with van der Waals surface area (Å²) in [5.41, 5.74) is 2.93. The van der Waals surface area contributed by atoms with Gasteiger partial charge in [-0.15, -0.1) is 0 Å². The summed E-state index contributed by atoms with van der Waals surface area (Å²) in [7, 11) is 0. The SMILES string of the molecule is O=c1c(C2CC2)[n+](-c2ccccc2)[nH]c2ccccc12. The molecule has 98 valence electrons. The number of aromatic nitrogens is 2. The van der Waals surface area contributed by atoms with Crippen molar-refractivity contribution in [2.75, 3.05) is 0 Å². The molecule has 0 radical (unpaired) electrons. The average molecular weight is 263 g/mol. The Labute approximate surface area is 116 Å². The van der Waals surface area contributed by atoms with Crippen molar-refractivity contribution in [3.8, 4) is 5.69 Å². The van der Waals surface area contributed by atoms with Crippen LogP contribution in [0.25, 0.3) is 16.6 Å². The molecule has 1 aromatic heterocycles. The first-order chi connectivity index (χ1) is 9.84. The predicted octanol–water partition coefficient (Wildman–Crippen LogP) is 2.68. The van der Waals surface area contributed by atoms with Gasteiger partial charge in [0.2, 0.25) is 5.69 Å². The first-order valence-electron chi connectivity index (χ1n) is 6.97. The van der Waals surface area contributed by atoms with Crippen LogP contribution in [0.4, 0.5) is 0 Å². The number of rotatable bonds is 2. The molecule has 0 spiro atoms. The van der Waals surface area contributed by atoms with Gasteiger partial charge in [-0.2, -0.15) is 5.10 Å². The lowest BCUT2D eigenvalue weighted by Crippen LogP contribution is -2.44. The van der Waals surface area contributed by atoms with Gasteiger partial charge in [0.05, 0.1) is 11.3 Å². The molecule has 0 aliphatic heterocycles. The minimum Gasteiger partial charge on any atom is -0.282 e. The van der Waals surface area contributed by atoms with Crippen LogP contribution in [0.15, 0.2) is 59.4 Å². The number of fused-ring (bicyclic) bond motifs is 1. The smallest absolute Gasteiger partial charge is 0.263 e. The molecular formula is C17H15N2O+. The van der Waals surface area contributed by atoms with Gasteiger partial charge in [0, 0.05) is 12.1 Å². The van der Waals surface area contributed by atoms with Crippen molar-refractivity contribution >= 4 is 10.9 Å². The summed E-state index contributed by atoms with van der Waals surface area (Å²) < 4.78 is 1.96. The Morgan fingerprint density at radius 2 is 1.65 bits per heavy atom. The van der Waals surface area contributed by atoms with Gasteiger partial charge in [-0.3, -0.25) is 4.79 Å². The Morgan fingerprint density at radius 3 is 2.40 bits per heavy atom. The lowest BCUT2D eigenvalue weighted by atomic mass is 10.1. The largest absolute Gasteiger partial charge is 0.282 e. The van der Waals surface area contributed by atoms with Crippen LogP contribution < -0.4 is 10.1 Å². The summed E-state index contributed by atoms with van der Waals surface area (Å²) in [6, 6.07) is 17.7. The first-order valence-corrected chi connectivity index (χ1v) is 6.97. The molecule has 1 aliphatic carbocycles. The lowest BCUT2D eigenvalue weighted by molar-refractivity contribution is -0.666. The Bertz CT molecular complexity index is 832. The van der Waals surface area contributed by atoms with Crippen molar-refractivity contribution in [2.45, 2.75) is 18.8 Å². The summed E-state index contributed by atoms with van der Waals surface area (Å²) in [5, 5.41) is 4.17. The molecule has 1 fully saturated rings. The normalized spacial score (nSPS) is 14.6. The van der Waals surface area contributed by atoms with Crippen LogP contribution >= 0.6 is 0 Å². The van der Waals surface area contributed by atoms with E-state index in [0.717, 1.165) is 35.1 Å². The van der Waals surface area contributed by atoms with E-state index in [1.54, 1.807) is 0 Å². The van der Waals surface area contributed by atoms with Crippen molar-refractivity contribution in [1.29, 1.82) is 0 Å². The molecule has 0 bridgehead atoms. The maximum absolute atomic E-state index is 12.8. The van der Waals surface area contributed by atoms with Crippen LogP contribution in [-0.2, 0) is 0 Å². The number of nitrogens with zero attached hydrogens (tertiary/aromatic N) is 1. The average Bonchev–Trinajstić information content (AvgIpc) is 3.33. The fourth-order valence-electron chi connectivity index (χ4n) is 2.70. The highest BCUT2D eigenvalue weighted by Gasteiger charge is 2.37. The van der Waals surface area contributed by atoms with Gasteiger partial charge < -0.3 is 0 Å². The topological polar surface area (TPSA) is 36.7 Å². The van der Waals surface area contributed by atoms with E-state index in [0.29, 0.717) is 5.92 Å². The van der Waals surface area contributed by atoms with Gasteiger partial charge in [0.25, 0.3) is 11.1 Å². The second-order valence-electron chi connectivity index (χ2n) is 5.32. The highest BCUT2D eigenvalue weighted by Crippen LogP contribution is 2.37. The zero-order valence-electron chi connectivity index (χ0n) is 11.0. The number of hydrogen-bond donors (Lipinski definition) is 1. The van der Waals surface area contributed by atoms with E-state index in [-0.39, 0.29) is 5.43 Å². The van der Waals surface area contributed by atoms with Crippen molar-refractivity contribution in [1.82, 2.24) is 5.10 Å². The molecule has 0 amide bonds. The second kappa shape index (κ2) is 4.30. The molecular weight excluding hydrogens is 248 g/mol. The van der Waals surface area contributed by atoms with E-state index in [4.69, 9.17) is 0 Å². The van der Waals surface area contributed by atoms with E-state index < -0.39 is 0 Å². The quantitative estimate of drug-likeness (QED) is 0.709. The number of hydrogen-bond acceptors (Lipinski definition) is 1. The van der Waals surface area contributed by atoms with Crippen LogP contribution in [0.5, 0.6) is 0 Å². The molecule has 1 saturated carbocycles. The van der Waals surface area contributed by atoms with Crippen LogP contribution in [-0.4, -0.2) is 5.10 Å². The van der Waals surface area contributed by atoms with Crippen molar-refractivity contribution in [2.24, 2.45) is 0 Å². The maximum atomic E-state index is 12.8. The van der Waals surface area contributed by atoms with E-state index in [2.05, 4.69) is 5.10 Å². The summed E-state index contributed by atoms with van der Waals surface area (Å²) in [4.78, 5) is 12.8. The first kappa shape index (κ1) is 11.4. The second-order valence-corrected chi connectivity index (χ2v) is 5.32. The highest BCUT2D eigenvalue weighted by molar-refractivity contribution is 5.77. The Kier molecular flexibility index (Phi) is 2.46. The summed E-state index contributed by atoms with van der Waals surface area (Å²) in [6.45, 7) is 0. The minimum atomic E-state index is 0.158. The monoisotopic (exact) mass is 263 g/mol. The van der Waals surface area contributed by atoms with Gasteiger partial charge in [-0.05, 0) is 25.0 Å². The third kappa shape index (κ3) is 1.74.